The van der Waals surface area contributed by atoms with Crippen molar-refractivity contribution in [3.05, 3.63) is 82.1 Å². The van der Waals surface area contributed by atoms with E-state index in [-0.39, 0.29) is 0 Å². The van der Waals surface area contributed by atoms with Crippen LogP contribution in [0.15, 0.2) is 81.6 Å². The van der Waals surface area contributed by atoms with Crippen LogP contribution in [0, 0.1) is 0 Å². The van der Waals surface area contributed by atoms with Crippen molar-refractivity contribution < 1.29 is 0 Å². The fraction of sp³-hybridized carbons (Fsp3) is 0.238. The highest BCUT2D eigenvalue weighted by Crippen LogP contribution is 2.22. The van der Waals surface area contributed by atoms with Crippen LogP contribution in [0.2, 0.25) is 0 Å². The fourth-order valence-corrected chi connectivity index (χ4v) is 2.44. The van der Waals surface area contributed by atoms with Crippen LogP contribution in [0.1, 0.15) is 33.3 Å². The van der Waals surface area contributed by atoms with E-state index in [0.717, 1.165) is 16.9 Å². The molecule has 0 saturated heterocycles. The zero-order valence-corrected chi connectivity index (χ0v) is 14.1. The van der Waals surface area contributed by atoms with E-state index in [1.54, 1.807) is 0 Å². The highest BCUT2D eigenvalue weighted by atomic mass is 14.7. The Morgan fingerprint density at radius 1 is 1.00 bits per heavy atom. The molecule has 1 aromatic carbocycles. The van der Waals surface area contributed by atoms with Crippen molar-refractivity contribution in [2.75, 3.05) is 7.05 Å². The highest BCUT2D eigenvalue weighted by Gasteiger charge is 2.09. The van der Waals surface area contributed by atoms with Crippen LogP contribution >= 0.6 is 0 Å². The van der Waals surface area contributed by atoms with E-state index < -0.39 is 0 Å². The van der Waals surface area contributed by atoms with Crippen molar-refractivity contribution in [1.29, 1.82) is 0 Å². The summed E-state index contributed by atoms with van der Waals surface area (Å²) >= 11 is 0. The smallest absolute Gasteiger partial charge is 0.0654 e. The van der Waals surface area contributed by atoms with Gasteiger partial charge in [0.25, 0.3) is 0 Å². The molecule has 0 aromatic heterocycles. The van der Waals surface area contributed by atoms with Gasteiger partial charge in [-0.05, 0) is 56.1 Å². The number of hydrogen-bond donors (Lipinski definition) is 0. The molecule has 112 valence electrons. The number of allylic oxidation sites excluding steroid dienone is 7. The molecule has 0 N–H and O–H groups in total. The van der Waals surface area contributed by atoms with Crippen LogP contribution in [0.3, 0.4) is 0 Å². The molecular weight excluding hydrogens is 266 g/mol. The highest BCUT2D eigenvalue weighted by molar-refractivity contribution is 6.14. The average Bonchev–Trinajstić information content (AvgIpc) is 2.65. The Hall–Kier alpha value is -2.37. The van der Waals surface area contributed by atoms with E-state index in [2.05, 4.69) is 80.9 Å². The Morgan fingerprint density at radius 2 is 1.68 bits per heavy atom. The van der Waals surface area contributed by atoms with Gasteiger partial charge in [-0.1, -0.05) is 42.5 Å². The van der Waals surface area contributed by atoms with Crippen LogP contribution < -0.4 is 0 Å². The molecule has 0 atom stereocenters. The number of hydrogen-bond acceptors (Lipinski definition) is 1. The van der Waals surface area contributed by atoms with E-state index >= 15 is 0 Å². The van der Waals surface area contributed by atoms with Crippen LogP contribution in [-0.4, -0.2) is 12.8 Å². The molecule has 22 heavy (non-hydrogen) atoms. The SMILES string of the molecule is CN=C(/C=C(\C)c1ccccc1)C1=CC=C(C)C(C)=C=C1C. The summed E-state index contributed by atoms with van der Waals surface area (Å²) in [5.41, 5.74) is 11.6. The number of nitrogens with zero attached hydrogens (tertiary/aromatic N) is 1. The molecule has 1 aromatic rings. The standard InChI is InChI=1S/C21H23N/c1-15-11-12-20(18(4)13-16(15)2)21(22-5)14-17(3)19-9-7-6-8-10-19/h6-12,14H,1-5H3/b17-14+,22-21?. The van der Waals surface area contributed by atoms with Crippen molar-refractivity contribution in [2.45, 2.75) is 27.7 Å². The molecule has 0 aliphatic heterocycles. The van der Waals surface area contributed by atoms with E-state index in [0.29, 0.717) is 0 Å². The zero-order valence-electron chi connectivity index (χ0n) is 14.1. The first-order valence-electron chi connectivity index (χ1n) is 7.57. The summed E-state index contributed by atoms with van der Waals surface area (Å²) in [5.74, 6) is 0. The number of aliphatic imine (C=N–C) groups is 1. The predicted molar refractivity (Wildman–Crippen MR) is 97.2 cm³/mol. The van der Waals surface area contributed by atoms with Crippen LogP contribution in [-0.2, 0) is 0 Å². The molecule has 0 fully saturated rings. The Kier molecular flexibility index (Phi) is 5.14. The second kappa shape index (κ2) is 7.06. The molecule has 0 saturated carbocycles. The predicted octanol–water partition coefficient (Wildman–Crippen LogP) is 5.54. The second-order valence-electron chi connectivity index (χ2n) is 5.61. The lowest BCUT2D eigenvalue weighted by molar-refractivity contribution is 1.35. The molecule has 1 aliphatic carbocycles. The monoisotopic (exact) mass is 289 g/mol. The first-order valence-corrected chi connectivity index (χ1v) is 7.57. The van der Waals surface area contributed by atoms with Crippen LogP contribution in [0.4, 0.5) is 0 Å². The van der Waals surface area contributed by atoms with E-state index in [1.807, 2.05) is 13.1 Å². The van der Waals surface area contributed by atoms with Crippen LogP contribution in [0.5, 0.6) is 0 Å². The molecular formula is C21H23N. The second-order valence-corrected chi connectivity index (χ2v) is 5.61. The summed E-state index contributed by atoms with van der Waals surface area (Å²) in [5, 5.41) is 0. The van der Waals surface area contributed by atoms with Gasteiger partial charge in [-0.3, -0.25) is 4.99 Å². The summed E-state index contributed by atoms with van der Waals surface area (Å²) in [7, 11) is 1.84. The van der Waals surface area contributed by atoms with Crippen molar-refractivity contribution in [3.8, 4) is 0 Å². The normalized spacial score (nSPS) is 16.4. The zero-order chi connectivity index (χ0) is 16.1. The van der Waals surface area contributed by atoms with Crippen molar-refractivity contribution >= 4 is 11.3 Å². The average molecular weight is 289 g/mol. The summed E-state index contributed by atoms with van der Waals surface area (Å²) in [6.45, 7) is 8.43. The van der Waals surface area contributed by atoms with E-state index in [9.17, 15) is 0 Å². The van der Waals surface area contributed by atoms with Gasteiger partial charge in [-0.25, -0.2) is 0 Å². The first kappa shape index (κ1) is 16.0. The topological polar surface area (TPSA) is 12.4 Å². The summed E-state index contributed by atoms with van der Waals surface area (Å²) < 4.78 is 0. The van der Waals surface area contributed by atoms with Gasteiger partial charge in [0.05, 0.1) is 5.71 Å². The Bertz CT molecular complexity index is 746. The molecule has 1 heteroatoms. The molecule has 1 aliphatic rings. The lowest BCUT2D eigenvalue weighted by Gasteiger charge is -2.08. The minimum atomic E-state index is 0.991. The number of rotatable bonds is 3. The van der Waals surface area contributed by atoms with Crippen molar-refractivity contribution in [3.63, 3.8) is 0 Å². The lowest BCUT2D eigenvalue weighted by atomic mass is 9.98. The molecule has 0 bridgehead atoms. The maximum absolute atomic E-state index is 4.49. The van der Waals surface area contributed by atoms with Crippen molar-refractivity contribution in [1.82, 2.24) is 0 Å². The Labute approximate surface area is 133 Å². The largest absolute Gasteiger partial charge is 0.288 e. The van der Waals surface area contributed by atoms with Gasteiger partial charge in [0.15, 0.2) is 0 Å². The Morgan fingerprint density at radius 3 is 2.32 bits per heavy atom. The third kappa shape index (κ3) is 3.63. The third-order valence-electron chi connectivity index (χ3n) is 3.97. The van der Waals surface area contributed by atoms with Gasteiger partial charge in [0, 0.05) is 18.2 Å². The summed E-state index contributed by atoms with van der Waals surface area (Å²) in [4.78, 5) is 4.49. The molecule has 0 heterocycles. The quantitative estimate of drug-likeness (QED) is 0.512. The third-order valence-corrected chi connectivity index (χ3v) is 3.97. The van der Waals surface area contributed by atoms with Gasteiger partial charge in [0.1, 0.15) is 0 Å². The number of benzene rings is 1. The molecule has 0 unspecified atom stereocenters. The molecule has 1 nitrogen and oxygen atoms in total. The minimum Gasteiger partial charge on any atom is -0.288 e. The molecule has 0 radical (unpaired) electrons. The van der Waals surface area contributed by atoms with Gasteiger partial charge < -0.3 is 0 Å². The Balaban J connectivity index is 2.45. The van der Waals surface area contributed by atoms with Crippen LogP contribution in [0.25, 0.3) is 5.57 Å². The van der Waals surface area contributed by atoms with Gasteiger partial charge in [-0.15, -0.1) is 5.73 Å². The molecule has 0 spiro atoms. The fourth-order valence-electron chi connectivity index (χ4n) is 2.44. The summed E-state index contributed by atoms with van der Waals surface area (Å²) in [6.07, 6.45) is 6.44. The van der Waals surface area contributed by atoms with E-state index in [4.69, 9.17) is 0 Å². The lowest BCUT2D eigenvalue weighted by Crippen LogP contribution is -2.01. The molecule has 2 rings (SSSR count). The maximum atomic E-state index is 4.49. The van der Waals surface area contributed by atoms with Gasteiger partial charge in [-0.2, -0.15) is 0 Å². The van der Waals surface area contributed by atoms with Gasteiger partial charge >= 0.3 is 0 Å². The summed E-state index contributed by atoms with van der Waals surface area (Å²) in [6, 6.07) is 10.4. The van der Waals surface area contributed by atoms with E-state index in [1.165, 1.54) is 22.3 Å². The maximum Gasteiger partial charge on any atom is 0.0654 e. The van der Waals surface area contributed by atoms with Gasteiger partial charge in [0.2, 0.25) is 0 Å². The first-order chi connectivity index (χ1) is 10.5. The minimum absolute atomic E-state index is 0.991. The van der Waals surface area contributed by atoms with Crippen molar-refractivity contribution in [2.24, 2.45) is 4.99 Å². The molecule has 0 amide bonds.